The van der Waals surface area contributed by atoms with Gasteiger partial charge in [0.2, 0.25) is 0 Å². The van der Waals surface area contributed by atoms with E-state index in [-0.39, 0.29) is 5.91 Å². The molecule has 4 aromatic rings. The van der Waals surface area contributed by atoms with E-state index < -0.39 is 0 Å². The number of hydrogen-bond acceptors (Lipinski definition) is 5. The minimum atomic E-state index is -0.226. The smallest absolute Gasteiger partial charge is 0.250 e. The number of aromatic nitrogens is 3. The molecule has 0 saturated carbocycles. The van der Waals surface area contributed by atoms with Crippen LogP contribution in [0.5, 0.6) is 0 Å². The van der Waals surface area contributed by atoms with E-state index in [1.165, 1.54) is 6.33 Å². The number of aryl methyl sites for hydroxylation is 1. The van der Waals surface area contributed by atoms with Crippen molar-refractivity contribution in [1.29, 1.82) is 0 Å². The number of anilines is 2. The Bertz CT molecular complexity index is 1320. The van der Waals surface area contributed by atoms with Gasteiger partial charge in [0, 0.05) is 29.4 Å². The zero-order valence-corrected chi connectivity index (χ0v) is 17.2. The van der Waals surface area contributed by atoms with Gasteiger partial charge >= 0.3 is 0 Å². The summed E-state index contributed by atoms with van der Waals surface area (Å²) in [4.78, 5) is 31.6. The Morgan fingerprint density at radius 3 is 2.32 bits per heavy atom. The monoisotopic (exact) mass is 411 g/mol. The Kier molecular flexibility index (Phi) is 5.09. The van der Waals surface area contributed by atoms with Gasteiger partial charge in [-0.3, -0.25) is 9.59 Å². The lowest BCUT2D eigenvalue weighted by Gasteiger charge is -2.11. The molecule has 0 bridgehead atoms. The zero-order valence-electron chi connectivity index (χ0n) is 17.2. The summed E-state index contributed by atoms with van der Waals surface area (Å²) in [7, 11) is 1.92. The average Bonchev–Trinajstić information content (AvgIpc) is 3.08. The van der Waals surface area contributed by atoms with Gasteiger partial charge in [-0.15, -0.1) is 0 Å². The molecule has 2 aromatic carbocycles. The first-order valence-corrected chi connectivity index (χ1v) is 9.62. The van der Waals surface area contributed by atoms with Gasteiger partial charge in [0.05, 0.1) is 11.1 Å². The summed E-state index contributed by atoms with van der Waals surface area (Å²) in [5.74, 6) is 0.156. The Morgan fingerprint density at radius 1 is 1.06 bits per heavy atom. The number of aldehydes is 1. The number of nitrogens with one attached hydrogen (secondary N) is 1. The lowest BCUT2D eigenvalue weighted by Crippen LogP contribution is -2.11. The largest absolute Gasteiger partial charge is 0.383 e. The molecule has 0 spiro atoms. The molecular formula is C24H21N5O2. The number of nitrogens with two attached hydrogens (primary N) is 1. The fourth-order valence-electron chi connectivity index (χ4n) is 3.57. The number of amides is 1. The Balaban J connectivity index is 1.90. The second-order valence-electron chi connectivity index (χ2n) is 7.29. The molecule has 31 heavy (non-hydrogen) atoms. The number of hydrogen-bond donors (Lipinski definition) is 2. The third-order valence-electron chi connectivity index (χ3n) is 5.14. The molecule has 0 unspecified atom stereocenters. The molecule has 3 N–H and O–H groups in total. The third-order valence-corrected chi connectivity index (χ3v) is 5.14. The number of nitrogen functional groups attached to an aromatic ring is 1. The summed E-state index contributed by atoms with van der Waals surface area (Å²) < 4.78 is 1.97. The fraction of sp³-hybridized carbons (Fsp3) is 0.0833. The topological polar surface area (TPSA) is 103 Å². The van der Waals surface area contributed by atoms with Crippen LogP contribution in [0.4, 0.5) is 11.5 Å². The Morgan fingerprint density at radius 2 is 1.71 bits per heavy atom. The van der Waals surface area contributed by atoms with Crippen molar-refractivity contribution in [3.63, 3.8) is 0 Å². The van der Waals surface area contributed by atoms with Gasteiger partial charge in [0.15, 0.2) is 0 Å². The van der Waals surface area contributed by atoms with Crippen molar-refractivity contribution in [1.82, 2.24) is 14.5 Å². The van der Waals surface area contributed by atoms with Gasteiger partial charge in [0.1, 0.15) is 24.1 Å². The maximum Gasteiger partial charge on any atom is 0.250 e. The maximum atomic E-state index is 11.9. The van der Waals surface area contributed by atoms with Crippen molar-refractivity contribution >= 4 is 34.7 Å². The number of benzene rings is 2. The summed E-state index contributed by atoms with van der Waals surface area (Å²) >= 11 is 0. The quantitative estimate of drug-likeness (QED) is 0.378. The van der Waals surface area contributed by atoms with Crippen molar-refractivity contribution < 1.29 is 9.59 Å². The minimum absolute atomic E-state index is 0.226. The van der Waals surface area contributed by atoms with Crippen LogP contribution >= 0.6 is 0 Å². The maximum absolute atomic E-state index is 11.9. The molecule has 0 atom stereocenters. The molecule has 0 aliphatic heterocycles. The van der Waals surface area contributed by atoms with Crippen molar-refractivity contribution in [2.45, 2.75) is 6.92 Å². The van der Waals surface area contributed by atoms with Gasteiger partial charge in [-0.1, -0.05) is 43.0 Å². The second-order valence-corrected chi connectivity index (χ2v) is 7.29. The van der Waals surface area contributed by atoms with Gasteiger partial charge in [-0.05, 0) is 30.2 Å². The minimum Gasteiger partial charge on any atom is -0.383 e. The van der Waals surface area contributed by atoms with E-state index >= 15 is 0 Å². The van der Waals surface area contributed by atoms with Crippen molar-refractivity contribution in [2.24, 2.45) is 7.05 Å². The van der Waals surface area contributed by atoms with Crippen LogP contribution in [-0.2, 0) is 11.8 Å². The first-order chi connectivity index (χ1) is 14.9. The highest BCUT2D eigenvalue weighted by Gasteiger charge is 2.21. The molecule has 2 aromatic heterocycles. The summed E-state index contributed by atoms with van der Waals surface area (Å²) in [6.45, 7) is 5.32. The van der Waals surface area contributed by atoms with Crippen LogP contribution in [0.3, 0.4) is 0 Å². The predicted octanol–water partition coefficient (Wildman–Crippen LogP) is 4.21. The van der Waals surface area contributed by atoms with Crippen LogP contribution in [0, 0.1) is 0 Å². The van der Waals surface area contributed by atoms with Crippen LogP contribution in [0.2, 0.25) is 0 Å². The highest BCUT2D eigenvalue weighted by atomic mass is 16.1. The SMILES string of the molecule is C=C(C)C(=O)Nc1ccc(-c2c(-c3ccc(C=O)cc3)c3c(N)ncnc3n2C)cc1. The lowest BCUT2D eigenvalue weighted by molar-refractivity contribution is -0.112. The molecule has 0 fully saturated rings. The summed E-state index contributed by atoms with van der Waals surface area (Å²) in [5.41, 5.74) is 12.2. The highest BCUT2D eigenvalue weighted by Crippen LogP contribution is 2.41. The fourth-order valence-corrected chi connectivity index (χ4v) is 3.57. The molecule has 0 radical (unpaired) electrons. The number of fused-ring (bicyclic) bond motifs is 1. The van der Waals surface area contributed by atoms with Crippen molar-refractivity contribution in [3.8, 4) is 22.4 Å². The van der Waals surface area contributed by atoms with Gasteiger partial charge in [-0.2, -0.15) is 0 Å². The molecule has 0 aliphatic carbocycles. The van der Waals surface area contributed by atoms with Crippen molar-refractivity contribution in [2.75, 3.05) is 11.1 Å². The first-order valence-electron chi connectivity index (χ1n) is 9.62. The van der Waals surface area contributed by atoms with E-state index in [4.69, 9.17) is 5.73 Å². The van der Waals surface area contributed by atoms with Gasteiger partial charge in [0.25, 0.3) is 5.91 Å². The van der Waals surface area contributed by atoms with E-state index in [0.717, 1.165) is 34.1 Å². The van der Waals surface area contributed by atoms with Crippen LogP contribution < -0.4 is 11.1 Å². The van der Waals surface area contributed by atoms with E-state index in [1.54, 1.807) is 19.1 Å². The average molecular weight is 411 g/mol. The van der Waals surface area contributed by atoms with E-state index in [1.807, 2.05) is 48.0 Å². The van der Waals surface area contributed by atoms with Crippen molar-refractivity contribution in [3.05, 3.63) is 72.6 Å². The molecule has 7 heteroatoms. The third kappa shape index (κ3) is 3.57. The standard InChI is InChI=1S/C24H21N5O2/c1-14(2)24(31)28-18-10-8-17(9-11-18)21-19(16-6-4-15(12-30)5-7-16)20-22(25)26-13-27-23(20)29(21)3/h4-13H,1H2,2-3H3,(H,28,31)(H2,25,26,27). The molecule has 0 saturated heterocycles. The Labute approximate surface area is 179 Å². The zero-order chi connectivity index (χ0) is 22.1. The number of nitrogens with zero attached hydrogens (tertiary/aromatic N) is 3. The van der Waals surface area contributed by atoms with Crippen LogP contribution in [-0.4, -0.2) is 26.7 Å². The summed E-state index contributed by atoms with van der Waals surface area (Å²) in [5, 5.41) is 3.56. The van der Waals surface area contributed by atoms with E-state index in [2.05, 4.69) is 21.9 Å². The normalized spacial score (nSPS) is 10.8. The molecule has 0 aliphatic rings. The molecule has 4 rings (SSSR count). The first kappa shape index (κ1) is 20.0. The molecule has 2 heterocycles. The van der Waals surface area contributed by atoms with Gasteiger partial charge < -0.3 is 15.6 Å². The molecular weight excluding hydrogens is 390 g/mol. The predicted molar refractivity (Wildman–Crippen MR) is 123 cm³/mol. The summed E-state index contributed by atoms with van der Waals surface area (Å²) in [6, 6.07) is 14.8. The van der Waals surface area contributed by atoms with Gasteiger partial charge in [-0.25, -0.2) is 9.97 Å². The van der Waals surface area contributed by atoms with Crippen LogP contribution in [0.1, 0.15) is 17.3 Å². The number of rotatable bonds is 5. The summed E-state index contributed by atoms with van der Waals surface area (Å²) in [6.07, 6.45) is 2.25. The lowest BCUT2D eigenvalue weighted by atomic mass is 9.98. The molecule has 1 amide bonds. The highest BCUT2D eigenvalue weighted by molar-refractivity contribution is 6.08. The van der Waals surface area contributed by atoms with E-state index in [9.17, 15) is 9.59 Å². The van der Waals surface area contributed by atoms with Crippen LogP contribution in [0.15, 0.2) is 67.0 Å². The molecule has 7 nitrogen and oxygen atoms in total. The molecule has 154 valence electrons. The Hall–Kier alpha value is -4.26. The second kappa shape index (κ2) is 7.87. The van der Waals surface area contributed by atoms with E-state index in [0.29, 0.717) is 28.3 Å². The van der Waals surface area contributed by atoms with Crippen LogP contribution in [0.25, 0.3) is 33.4 Å². The number of carbonyl (C=O) groups is 2. The number of carbonyl (C=O) groups excluding carboxylic acids is 2.